The third-order valence-electron chi connectivity index (χ3n) is 3.34. The molecule has 5 nitrogen and oxygen atoms in total. The Hall–Kier alpha value is -1.37. The fraction of sp³-hybridized carbons (Fsp3) is 0.400. The highest BCUT2D eigenvalue weighted by Crippen LogP contribution is 2.23. The van der Waals surface area contributed by atoms with E-state index in [1.54, 1.807) is 11.6 Å². The Kier molecular flexibility index (Phi) is 5.61. The molecule has 0 spiro atoms. The molecule has 0 fully saturated rings. The normalized spacial score (nSPS) is 11.8. The summed E-state index contributed by atoms with van der Waals surface area (Å²) in [6.07, 6.45) is 0.233. The molecule has 7 heteroatoms. The predicted molar refractivity (Wildman–Crippen MR) is 86.7 cm³/mol. The lowest BCUT2D eigenvalue weighted by molar-refractivity contribution is 0.295. The van der Waals surface area contributed by atoms with Gasteiger partial charge in [-0.15, -0.1) is 0 Å². The molecule has 0 bridgehead atoms. The molecule has 0 atom stereocenters. The highest BCUT2D eigenvalue weighted by molar-refractivity contribution is 7.90. The smallest absolute Gasteiger partial charge is 0.154 e. The SMILES string of the molecule is Cc1nn(Cc2ccccc2)c(Cl)c1CS(=O)(=O)CCCO. The Bertz CT molecular complexity index is 727. The summed E-state index contributed by atoms with van der Waals surface area (Å²) in [5, 5.41) is 13.5. The van der Waals surface area contributed by atoms with E-state index in [2.05, 4.69) is 5.10 Å². The maximum Gasteiger partial charge on any atom is 0.154 e. The maximum atomic E-state index is 12.0. The molecule has 0 radical (unpaired) electrons. The minimum atomic E-state index is -3.30. The van der Waals surface area contributed by atoms with Crippen molar-refractivity contribution < 1.29 is 13.5 Å². The highest BCUT2D eigenvalue weighted by atomic mass is 35.5. The van der Waals surface area contributed by atoms with Crippen LogP contribution in [0.5, 0.6) is 0 Å². The fourth-order valence-electron chi connectivity index (χ4n) is 2.19. The molecule has 0 saturated heterocycles. The summed E-state index contributed by atoms with van der Waals surface area (Å²) in [4.78, 5) is 0. The monoisotopic (exact) mass is 342 g/mol. The van der Waals surface area contributed by atoms with Gasteiger partial charge in [0.15, 0.2) is 9.84 Å². The van der Waals surface area contributed by atoms with Gasteiger partial charge in [0.25, 0.3) is 0 Å². The Morgan fingerprint density at radius 2 is 1.95 bits per heavy atom. The molecule has 0 saturated carbocycles. The topological polar surface area (TPSA) is 72.2 Å². The number of hydrogen-bond acceptors (Lipinski definition) is 4. The average Bonchev–Trinajstić information content (AvgIpc) is 2.74. The molecule has 22 heavy (non-hydrogen) atoms. The molecule has 0 aliphatic rings. The zero-order valence-corrected chi connectivity index (χ0v) is 13.9. The summed E-state index contributed by atoms with van der Waals surface area (Å²) in [7, 11) is -3.30. The van der Waals surface area contributed by atoms with Crippen LogP contribution < -0.4 is 0 Å². The summed E-state index contributed by atoms with van der Waals surface area (Å²) in [5.41, 5.74) is 2.20. The van der Waals surface area contributed by atoms with Crippen LogP contribution in [0.4, 0.5) is 0 Å². The first kappa shape index (κ1) is 17.0. The second-order valence-corrected chi connectivity index (χ2v) is 7.71. The minimum absolute atomic E-state index is 0.0524. The molecular formula is C15H19ClN2O3S. The number of benzene rings is 1. The minimum Gasteiger partial charge on any atom is -0.396 e. The van der Waals surface area contributed by atoms with Crippen molar-refractivity contribution >= 4 is 21.4 Å². The number of hydrogen-bond donors (Lipinski definition) is 1. The van der Waals surface area contributed by atoms with Gasteiger partial charge in [-0.1, -0.05) is 41.9 Å². The van der Waals surface area contributed by atoms with Crippen molar-refractivity contribution in [2.45, 2.75) is 25.6 Å². The predicted octanol–water partition coefficient (Wildman–Crippen LogP) is 2.19. The van der Waals surface area contributed by atoms with Gasteiger partial charge in [-0.3, -0.25) is 0 Å². The zero-order chi connectivity index (χ0) is 16.2. The highest BCUT2D eigenvalue weighted by Gasteiger charge is 2.20. The first-order valence-electron chi connectivity index (χ1n) is 7.00. The van der Waals surface area contributed by atoms with Crippen molar-refractivity contribution in [3.05, 3.63) is 52.3 Å². The van der Waals surface area contributed by atoms with Gasteiger partial charge in [-0.05, 0) is 18.9 Å². The molecule has 1 aromatic heterocycles. The molecule has 120 valence electrons. The Balaban J connectivity index is 2.20. The lowest BCUT2D eigenvalue weighted by Gasteiger charge is -2.05. The first-order valence-corrected chi connectivity index (χ1v) is 9.20. The van der Waals surface area contributed by atoms with E-state index >= 15 is 0 Å². The van der Waals surface area contributed by atoms with E-state index in [0.717, 1.165) is 5.56 Å². The second kappa shape index (κ2) is 7.26. The van der Waals surface area contributed by atoms with Gasteiger partial charge in [-0.25, -0.2) is 13.1 Å². The standard InChI is InChI=1S/C15H19ClN2O3S/c1-12-14(11-22(20,21)9-5-8-19)15(16)18(17-12)10-13-6-3-2-4-7-13/h2-4,6-7,19H,5,8-11H2,1H3. The van der Waals surface area contributed by atoms with Gasteiger partial charge in [0.05, 0.1) is 23.7 Å². The first-order chi connectivity index (χ1) is 10.4. The van der Waals surface area contributed by atoms with E-state index in [9.17, 15) is 8.42 Å². The van der Waals surface area contributed by atoms with Crippen molar-refractivity contribution in [1.29, 1.82) is 0 Å². The number of sulfone groups is 1. The number of rotatable bonds is 7. The second-order valence-electron chi connectivity index (χ2n) is 5.17. The van der Waals surface area contributed by atoms with Crippen LogP contribution in [0, 0.1) is 6.92 Å². The molecule has 0 unspecified atom stereocenters. The van der Waals surface area contributed by atoms with Crippen molar-refractivity contribution in [1.82, 2.24) is 9.78 Å². The molecule has 1 heterocycles. The van der Waals surface area contributed by atoms with Gasteiger partial charge < -0.3 is 5.11 Å². The quantitative estimate of drug-likeness (QED) is 0.837. The molecule has 0 aliphatic carbocycles. The van der Waals surface area contributed by atoms with Crippen LogP contribution in [-0.4, -0.2) is 35.7 Å². The summed E-state index contributed by atoms with van der Waals surface area (Å²) in [6, 6.07) is 9.72. The van der Waals surface area contributed by atoms with Crippen LogP contribution in [0.1, 0.15) is 23.2 Å². The Labute approximate surface area is 135 Å². The third kappa shape index (κ3) is 4.32. The summed E-state index contributed by atoms with van der Waals surface area (Å²) in [6.45, 7) is 2.11. The Morgan fingerprint density at radius 1 is 1.27 bits per heavy atom. The lowest BCUT2D eigenvalue weighted by atomic mass is 10.2. The Morgan fingerprint density at radius 3 is 2.59 bits per heavy atom. The van der Waals surface area contributed by atoms with Crippen molar-refractivity contribution in [3.8, 4) is 0 Å². The van der Waals surface area contributed by atoms with E-state index in [1.165, 1.54) is 0 Å². The van der Waals surface area contributed by atoms with Gasteiger partial charge in [0.2, 0.25) is 0 Å². The van der Waals surface area contributed by atoms with Gasteiger partial charge in [0.1, 0.15) is 5.15 Å². The van der Waals surface area contributed by atoms with Crippen molar-refractivity contribution in [3.63, 3.8) is 0 Å². The van der Waals surface area contributed by atoms with Crippen LogP contribution in [0.25, 0.3) is 0 Å². The molecular weight excluding hydrogens is 324 g/mol. The van der Waals surface area contributed by atoms with Crippen molar-refractivity contribution in [2.75, 3.05) is 12.4 Å². The van der Waals surface area contributed by atoms with Crippen LogP contribution >= 0.6 is 11.6 Å². The average molecular weight is 343 g/mol. The van der Waals surface area contributed by atoms with Crippen LogP contribution in [0.2, 0.25) is 5.15 Å². The molecule has 2 rings (SSSR count). The lowest BCUT2D eigenvalue weighted by Crippen LogP contribution is -2.11. The number of halogens is 1. The van der Waals surface area contributed by atoms with Gasteiger partial charge in [-0.2, -0.15) is 5.10 Å². The van der Waals surface area contributed by atoms with E-state index in [-0.39, 0.29) is 24.5 Å². The van der Waals surface area contributed by atoms with Crippen LogP contribution in [-0.2, 0) is 22.1 Å². The molecule has 1 aromatic carbocycles. The summed E-state index contributed by atoms with van der Waals surface area (Å²) < 4.78 is 25.7. The van der Waals surface area contributed by atoms with E-state index < -0.39 is 9.84 Å². The molecule has 1 N–H and O–H groups in total. The van der Waals surface area contributed by atoms with Crippen LogP contribution in [0.3, 0.4) is 0 Å². The van der Waals surface area contributed by atoms with E-state index in [1.807, 2.05) is 30.3 Å². The number of aryl methyl sites for hydroxylation is 1. The summed E-state index contributed by atoms with van der Waals surface area (Å²) in [5.74, 6) is -0.199. The van der Waals surface area contributed by atoms with Crippen molar-refractivity contribution in [2.24, 2.45) is 0 Å². The van der Waals surface area contributed by atoms with E-state index in [4.69, 9.17) is 16.7 Å². The largest absolute Gasteiger partial charge is 0.396 e. The fourth-order valence-corrected chi connectivity index (χ4v) is 4.07. The van der Waals surface area contributed by atoms with Gasteiger partial charge >= 0.3 is 0 Å². The molecule has 0 amide bonds. The third-order valence-corrected chi connectivity index (χ3v) is 5.40. The maximum absolute atomic E-state index is 12.0. The zero-order valence-electron chi connectivity index (χ0n) is 12.4. The number of aliphatic hydroxyl groups excluding tert-OH is 1. The molecule has 2 aromatic rings. The number of aliphatic hydroxyl groups is 1. The number of aromatic nitrogens is 2. The van der Waals surface area contributed by atoms with E-state index in [0.29, 0.717) is 23.0 Å². The molecule has 0 aliphatic heterocycles. The van der Waals surface area contributed by atoms with Gasteiger partial charge in [0, 0.05) is 12.2 Å². The summed E-state index contributed by atoms with van der Waals surface area (Å²) >= 11 is 6.31. The van der Waals surface area contributed by atoms with Crippen LogP contribution in [0.15, 0.2) is 30.3 Å². The number of nitrogens with zero attached hydrogens (tertiary/aromatic N) is 2.